The molecule has 20 heavy (non-hydrogen) atoms. The van der Waals surface area contributed by atoms with Gasteiger partial charge in [-0.05, 0) is 23.8 Å². The molecule has 0 aliphatic carbocycles. The van der Waals surface area contributed by atoms with Gasteiger partial charge < -0.3 is 15.4 Å². The zero-order valence-corrected chi connectivity index (χ0v) is 12.8. The third kappa shape index (κ3) is 2.67. The van der Waals surface area contributed by atoms with Gasteiger partial charge in [0.15, 0.2) is 0 Å². The number of rotatable bonds is 2. The number of benzene rings is 2. The van der Waals surface area contributed by atoms with Crippen LogP contribution >= 0.6 is 15.9 Å². The fourth-order valence-corrected chi connectivity index (χ4v) is 2.97. The molecule has 2 aromatic carbocycles. The second kappa shape index (κ2) is 5.85. The molecule has 0 aromatic heterocycles. The van der Waals surface area contributed by atoms with E-state index in [9.17, 15) is 0 Å². The van der Waals surface area contributed by atoms with E-state index < -0.39 is 0 Å². The van der Waals surface area contributed by atoms with Crippen LogP contribution in [0.4, 0.5) is 5.69 Å². The SMILES string of the molecule is NCc1ccc(N2CCOc3ccccc3C2)cc1Br. The fraction of sp³-hybridized carbons (Fsp3) is 0.250. The summed E-state index contributed by atoms with van der Waals surface area (Å²) in [5.74, 6) is 0.993. The molecule has 0 saturated heterocycles. The number of halogens is 1. The summed E-state index contributed by atoms with van der Waals surface area (Å²) in [6, 6.07) is 14.6. The quantitative estimate of drug-likeness (QED) is 0.916. The minimum atomic E-state index is 0.548. The molecular weight excluding hydrogens is 316 g/mol. The Morgan fingerprint density at radius 2 is 2.05 bits per heavy atom. The largest absolute Gasteiger partial charge is 0.491 e. The zero-order valence-electron chi connectivity index (χ0n) is 11.2. The smallest absolute Gasteiger partial charge is 0.124 e. The van der Waals surface area contributed by atoms with Crippen LogP contribution in [0.5, 0.6) is 5.75 Å². The Morgan fingerprint density at radius 3 is 2.85 bits per heavy atom. The van der Waals surface area contributed by atoms with Gasteiger partial charge in [-0.25, -0.2) is 0 Å². The molecular formula is C16H17BrN2O. The molecule has 0 spiro atoms. The number of para-hydroxylation sites is 1. The van der Waals surface area contributed by atoms with Gasteiger partial charge in [0, 0.05) is 28.8 Å². The number of hydrogen-bond donors (Lipinski definition) is 1. The highest BCUT2D eigenvalue weighted by Crippen LogP contribution is 2.29. The Balaban J connectivity index is 1.89. The molecule has 0 atom stereocenters. The number of nitrogens with zero attached hydrogens (tertiary/aromatic N) is 1. The molecule has 1 aliphatic rings. The van der Waals surface area contributed by atoms with E-state index in [1.807, 2.05) is 12.1 Å². The van der Waals surface area contributed by atoms with Gasteiger partial charge in [0.1, 0.15) is 12.4 Å². The Kier molecular flexibility index (Phi) is 3.94. The van der Waals surface area contributed by atoms with Crippen molar-refractivity contribution in [1.29, 1.82) is 0 Å². The van der Waals surface area contributed by atoms with Crippen LogP contribution in [0.1, 0.15) is 11.1 Å². The lowest BCUT2D eigenvalue weighted by Crippen LogP contribution is -2.25. The summed E-state index contributed by atoms with van der Waals surface area (Å²) in [6.07, 6.45) is 0. The van der Waals surface area contributed by atoms with Crippen molar-refractivity contribution < 1.29 is 4.74 Å². The van der Waals surface area contributed by atoms with E-state index in [1.54, 1.807) is 0 Å². The lowest BCUT2D eigenvalue weighted by molar-refractivity contribution is 0.331. The van der Waals surface area contributed by atoms with Crippen molar-refractivity contribution in [3.05, 3.63) is 58.1 Å². The van der Waals surface area contributed by atoms with Crippen molar-refractivity contribution in [3.8, 4) is 5.75 Å². The number of ether oxygens (including phenoxy) is 1. The summed E-state index contributed by atoms with van der Waals surface area (Å²) in [4.78, 5) is 2.33. The fourth-order valence-electron chi connectivity index (χ4n) is 2.44. The molecule has 3 rings (SSSR count). The highest BCUT2D eigenvalue weighted by atomic mass is 79.9. The molecule has 1 heterocycles. The topological polar surface area (TPSA) is 38.5 Å². The third-order valence-corrected chi connectivity index (χ3v) is 4.31. The van der Waals surface area contributed by atoms with Crippen LogP contribution in [0.2, 0.25) is 0 Å². The monoisotopic (exact) mass is 332 g/mol. The van der Waals surface area contributed by atoms with Gasteiger partial charge in [-0.2, -0.15) is 0 Å². The first kappa shape index (κ1) is 13.5. The summed E-state index contributed by atoms with van der Waals surface area (Å²) in [5, 5.41) is 0. The predicted octanol–water partition coefficient (Wildman–Crippen LogP) is 3.31. The molecule has 0 fully saturated rings. The van der Waals surface area contributed by atoms with Gasteiger partial charge in [-0.15, -0.1) is 0 Å². The molecule has 0 amide bonds. The normalized spacial score (nSPS) is 14.4. The van der Waals surface area contributed by atoms with Gasteiger partial charge in [-0.1, -0.05) is 40.2 Å². The van der Waals surface area contributed by atoms with Crippen molar-refractivity contribution in [3.63, 3.8) is 0 Å². The van der Waals surface area contributed by atoms with E-state index in [0.29, 0.717) is 13.2 Å². The van der Waals surface area contributed by atoms with Crippen molar-refractivity contribution in [1.82, 2.24) is 0 Å². The molecule has 0 unspecified atom stereocenters. The van der Waals surface area contributed by atoms with Crippen molar-refractivity contribution in [2.24, 2.45) is 5.73 Å². The van der Waals surface area contributed by atoms with Crippen molar-refractivity contribution in [2.45, 2.75) is 13.1 Å². The Morgan fingerprint density at radius 1 is 1.20 bits per heavy atom. The molecule has 0 saturated carbocycles. The highest BCUT2D eigenvalue weighted by Gasteiger charge is 2.15. The minimum absolute atomic E-state index is 0.548. The number of anilines is 1. The van der Waals surface area contributed by atoms with Crippen LogP contribution in [0.3, 0.4) is 0 Å². The van der Waals surface area contributed by atoms with E-state index in [-0.39, 0.29) is 0 Å². The summed E-state index contributed by atoms with van der Waals surface area (Å²) < 4.78 is 6.87. The summed E-state index contributed by atoms with van der Waals surface area (Å²) >= 11 is 3.59. The number of nitrogens with two attached hydrogens (primary N) is 1. The van der Waals surface area contributed by atoms with Crippen molar-refractivity contribution in [2.75, 3.05) is 18.1 Å². The van der Waals surface area contributed by atoms with E-state index in [1.165, 1.54) is 11.3 Å². The summed E-state index contributed by atoms with van der Waals surface area (Å²) in [7, 11) is 0. The first-order chi connectivity index (χ1) is 9.78. The molecule has 0 bridgehead atoms. The highest BCUT2D eigenvalue weighted by molar-refractivity contribution is 9.10. The number of fused-ring (bicyclic) bond motifs is 1. The number of hydrogen-bond acceptors (Lipinski definition) is 3. The minimum Gasteiger partial charge on any atom is -0.491 e. The van der Waals surface area contributed by atoms with Gasteiger partial charge >= 0.3 is 0 Å². The van der Waals surface area contributed by atoms with Gasteiger partial charge in [0.25, 0.3) is 0 Å². The standard InChI is InChI=1S/C16H17BrN2O/c17-15-9-14(6-5-12(15)10-18)19-7-8-20-16-4-2-1-3-13(16)11-19/h1-6,9H,7-8,10-11,18H2. The zero-order chi connectivity index (χ0) is 13.9. The molecule has 3 nitrogen and oxygen atoms in total. The van der Waals surface area contributed by atoms with E-state index >= 15 is 0 Å². The average molecular weight is 333 g/mol. The van der Waals surface area contributed by atoms with Crippen LogP contribution < -0.4 is 15.4 Å². The molecule has 0 radical (unpaired) electrons. The lowest BCUT2D eigenvalue weighted by atomic mass is 10.1. The lowest BCUT2D eigenvalue weighted by Gasteiger charge is -2.23. The molecule has 1 aliphatic heterocycles. The molecule has 4 heteroatoms. The van der Waals surface area contributed by atoms with Crippen LogP contribution in [-0.4, -0.2) is 13.2 Å². The molecule has 104 valence electrons. The van der Waals surface area contributed by atoms with Crippen molar-refractivity contribution >= 4 is 21.6 Å². The Hall–Kier alpha value is -1.52. The first-order valence-electron chi connectivity index (χ1n) is 6.72. The Labute approximate surface area is 127 Å². The van der Waals surface area contributed by atoms with Crippen LogP contribution in [0.25, 0.3) is 0 Å². The first-order valence-corrected chi connectivity index (χ1v) is 7.51. The second-order valence-electron chi connectivity index (χ2n) is 4.86. The maximum absolute atomic E-state index is 5.80. The average Bonchev–Trinajstić information content (AvgIpc) is 2.69. The molecule has 2 aromatic rings. The summed E-state index contributed by atoms with van der Waals surface area (Å²) in [6.45, 7) is 2.99. The van der Waals surface area contributed by atoms with E-state index in [0.717, 1.165) is 28.9 Å². The van der Waals surface area contributed by atoms with E-state index in [2.05, 4.69) is 51.2 Å². The predicted molar refractivity (Wildman–Crippen MR) is 85.0 cm³/mol. The third-order valence-electron chi connectivity index (χ3n) is 3.57. The maximum Gasteiger partial charge on any atom is 0.124 e. The van der Waals surface area contributed by atoms with Crippen LogP contribution in [0.15, 0.2) is 46.9 Å². The molecule has 2 N–H and O–H groups in total. The van der Waals surface area contributed by atoms with Crippen LogP contribution in [0, 0.1) is 0 Å². The Bertz CT molecular complexity index is 615. The second-order valence-corrected chi connectivity index (χ2v) is 5.71. The van der Waals surface area contributed by atoms with Gasteiger partial charge in [0.2, 0.25) is 0 Å². The summed E-state index contributed by atoms with van der Waals surface area (Å²) in [5.41, 5.74) is 9.24. The van der Waals surface area contributed by atoms with E-state index in [4.69, 9.17) is 10.5 Å². The van der Waals surface area contributed by atoms with Crippen LogP contribution in [-0.2, 0) is 13.1 Å². The van der Waals surface area contributed by atoms with Gasteiger partial charge in [0.05, 0.1) is 6.54 Å². The van der Waals surface area contributed by atoms with Gasteiger partial charge in [-0.3, -0.25) is 0 Å². The maximum atomic E-state index is 5.80.